The Balaban J connectivity index is 2.41. The van der Waals surface area contributed by atoms with E-state index in [4.69, 9.17) is 0 Å². The number of hydrogen-bond donors (Lipinski definition) is 0. The molecule has 0 spiro atoms. The Bertz CT molecular complexity index is 387. The minimum atomic E-state index is -0.357. The molecular weight excluding hydrogens is 168 g/mol. The van der Waals surface area contributed by atoms with E-state index >= 15 is 0 Å². The van der Waals surface area contributed by atoms with Crippen LogP contribution in [0, 0.1) is 5.92 Å². The predicted molar refractivity (Wildman–Crippen MR) is 50.6 cm³/mol. The van der Waals surface area contributed by atoms with E-state index in [0.717, 1.165) is 5.71 Å². The molecule has 2 aliphatic rings. The lowest BCUT2D eigenvalue weighted by Gasteiger charge is -2.06. The highest BCUT2D eigenvalue weighted by Gasteiger charge is 2.30. The highest BCUT2D eigenvalue weighted by Crippen LogP contribution is 2.11. The van der Waals surface area contributed by atoms with E-state index in [1.165, 1.54) is 6.34 Å². The van der Waals surface area contributed by atoms with E-state index in [1.807, 2.05) is 13.8 Å². The van der Waals surface area contributed by atoms with Gasteiger partial charge in [0, 0.05) is 0 Å². The van der Waals surface area contributed by atoms with Crippen LogP contribution in [0.1, 0.15) is 13.8 Å². The van der Waals surface area contributed by atoms with Gasteiger partial charge in [0.25, 0.3) is 0 Å². The topological polar surface area (TPSA) is 66.5 Å². The van der Waals surface area contributed by atoms with Crippen LogP contribution >= 0.6 is 0 Å². The SMILES string of the molecule is CC(C)C1=NN=C2C(=O)N=CN=C21. The molecule has 0 N–H and O–H groups in total. The summed E-state index contributed by atoms with van der Waals surface area (Å²) in [4.78, 5) is 18.7. The van der Waals surface area contributed by atoms with E-state index in [1.54, 1.807) is 0 Å². The molecule has 5 nitrogen and oxygen atoms in total. The number of nitrogens with zero attached hydrogens (tertiary/aromatic N) is 4. The second-order valence-corrected chi connectivity index (χ2v) is 3.12. The smallest absolute Gasteiger partial charge is 0.265 e. The molecule has 0 aliphatic carbocycles. The molecule has 0 radical (unpaired) electrons. The Morgan fingerprint density at radius 2 is 2.00 bits per heavy atom. The van der Waals surface area contributed by atoms with Gasteiger partial charge < -0.3 is 0 Å². The molecule has 0 saturated carbocycles. The highest BCUT2D eigenvalue weighted by atomic mass is 16.1. The fourth-order valence-electron chi connectivity index (χ4n) is 1.18. The largest absolute Gasteiger partial charge is 0.301 e. The maximum absolute atomic E-state index is 11.2. The molecule has 5 heteroatoms. The predicted octanol–water partition coefficient (Wildman–Crippen LogP) is 0.463. The zero-order valence-corrected chi connectivity index (χ0v) is 7.35. The van der Waals surface area contributed by atoms with Crippen molar-refractivity contribution in [3.05, 3.63) is 0 Å². The number of rotatable bonds is 1. The van der Waals surface area contributed by atoms with E-state index in [0.29, 0.717) is 5.71 Å². The molecule has 1 amide bonds. The van der Waals surface area contributed by atoms with Crippen molar-refractivity contribution in [2.45, 2.75) is 13.8 Å². The van der Waals surface area contributed by atoms with Crippen LogP contribution in [0.4, 0.5) is 0 Å². The molecular formula is C8H8N4O. The molecule has 2 heterocycles. The lowest BCUT2D eigenvalue weighted by molar-refractivity contribution is -0.111. The lowest BCUT2D eigenvalue weighted by Crippen LogP contribution is -2.31. The summed E-state index contributed by atoms with van der Waals surface area (Å²) in [6.07, 6.45) is 1.25. The summed E-state index contributed by atoms with van der Waals surface area (Å²) < 4.78 is 0. The van der Waals surface area contributed by atoms with Crippen molar-refractivity contribution in [1.29, 1.82) is 0 Å². The summed E-state index contributed by atoms with van der Waals surface area (Å²) in [5, 5.41) is 7.66. The Hall–Kier alpha value is -1.65. The molecule has 66 valence electrons. The van der Waals surface area contributed by atoms with Crippen molar-refractivity contribution >= 4 is 29.4 Å². The van der Waals surface area contributed by atoms with Crippen molar-refractivity contribution in [1.82, 2.24) is 0 Å². The Kier molecular flexibility index (Phi) is 1.65. The average Bonchev–Trinajstić information content (AvgIpc) is 2.48. The molecule has 0 fully saturated rings. The van der Waals surface area contributed by atoms with Gasteiger partial charge in [0.2, 0.25) is 0 Å². The van der Waals surface area contributed by atoms with Gasteiger partial charge in [0.15, 0.2) is 5.71 Å². The standard InChI is InChI=1S/C8H8N4O/c1-4(2)5-6-7(12-11-5)8(13)10-3-9-6/h3-4H,1-2H3. The lowest BCUT2D eigenvalue weighted by atomic mass is 10.0. The minimum absolute atomic E-state index is 0.222. The first-order valence-corrected chi connectivity index (χ1v) is 4.01. The van der Waals surface area contributed by atoms with Gasteiger partial charge in [0.1, 0.15) is 12.1 Å². The maximum Gasteiger partial charge on any atom is 0.301 e. The van der Waals surface area contributed by atoms with Gasteiger partial charge in [-0.2, -0.15) is 10.1 Å². The summed E-state index contributed by atoms with van der Waals surface area (Å²) in [5.74, 6) is -0.135. The Morgan fingerprint density at radius 1 is 1.23 bits per heavy atom. The van der Waals surface area contributed by atoms with E-state index in [-0.39, 0.29) is 17.5 Å². The quantitative estimate of drug-likeness (QED) is 0.572. The number of carbonyl (C=O) groups excluding carboxylic acids is 1. The summed E-state index contributed by atoms with van der Waals surface area (Å²) >= 11 is 0. The van der Waals surface area contributed by atoms with E-state index in [2.05, 4.69) is 20.2 Å². The van der Waals surface area contributed by atoms with E-state index in [9.17, 15) is 4.79 Å². The van der Waals surface area contributed by atoms with Gasteiger partial charge in [0.05, 0.1) is 5.71 Å². The molecule has 0 bridgehead atoms. The third-order valence-electron chi connectivity index (χ3n) is 1.84. The van der Waals surface area contributed by atoms with Gasteiger partial charge in [-0.05, 0) is 5.92 Å². The van der Waals surface area contributed by atoms with E-state index < -0.39 is 0 Å². The third-order valence-corrected chi connectivity index (χ3v) is 1.84. The van der Waals surface area contributed by atoms with Crippen LogP contribution < -0.4 is 0 Å². The normalized spacial score (nSPS) is 19.9. The number of hydrogen-bond acceptors (Lipinski definition) is 4. The van der Waals surface area contributed by atoms with Crippen molar-refractivity contribution < 1.29 is 4.79 Å². The number of aliphatic imine (C=N–C) groups is 2. The summed E-state index contributed by atoms with van der Waals surface area (Å²) in [5.41, 5.74) is 1.61. The molecule has 0 aromatic rings. The molecule has 0 unspecified atom stereocenters. The first-order valence-electron chi connectivity index (χ1n) is 4.01. The first-order chi connectivity index (χ1) is 6.20. The van der Waals surface area contributed by atoms with Crippen LogP contribution in [0.5, 0.6) is 0 Å². The van der Waals surface area contributed by atoms with Crippen LogP contribution in [-0.4, -0.2) is 29.4 Å². The van der Waals surface area contributed by atoms with Crippen molar-refractivity contribution in [3.63, 3.8) is 0 Å². The monoisotopic (exact) mass is 176 g/mol. The second kappa shape index (κ2) is 2.69. The maximum atomic E-state index is 11.2. The average molecular weight is 176 g/mol. The number of amides is 1. The molecule has 0 saturated heterocycles. The molecule has 0 atom stereocenters. The van der Waals surface area contributed by atoms with Crippen LogP contribution in [0.15, 0.2) is 20.2 Å². The molecule has 0 aromatic carbocycles. The fourth-order valence-corrected chi connectivity index (χ4v) is 1.18. The van der Waals surface area contributed by atoms with Gasteiger partial charge in [-0.25, -0.2) is 4.99 Å². The molecule has 2 rings (SSSR count). The highest BCUT2D eigenvalue weighted by molar-refractivity contribution is 6.84. The van der Waals surface area contributed by atoms with Gasteiger partial charge in [-0.1, -0.05) is 13.8 Å². The zero-order valence-electron chi connectivity index (χ0n) is 7.35. The Morgan fingerprint density at radius 3 is 2.69 bits per heavy atom. The van der Waals surface area contributed by atoms with Gasteiger partial charge >= 0.3 is 5.91 Å². The van der Waals surface area contributed by atoms with Crippen molar-refractivity contribution in [2.75, 3.05) is 0 Å². The molecule has 13 heavy (non-hydrogen) atoms. The third kappa shape index (κ3) is 1.12. The first kappa shape index (κ1) is 7.97. The van der Waals surface area contributed by atoms with Crippen LogP contribution in [0.2, 0.25) is 0 Å². The molecule has 0 aromatic heterocycles. The summed E-state index contributed by atoms with van der Waals surface area (Å²) in [6, 6.07) is 0. The Labute approximate surface area is 75.0 Å². The second-order valence-electron chi connectivity index (χ2n) is 3.12. The fraction of sp³-hybridized carbons (Fsp3) is 0.375. The number of carbonyl (C=O) groups is 1. The summed E-state index contributed by atoms with van der Waals surface area (Å²) in [6.45, 7) is 3.96. The number of fused-ring (bicyclic) bond motifs is 1. The summed E-state index contributed by atoms with van der Waals surface area (Å²) in [7, 11) is 0. The van der Waals surface area contributed by atoms with Crippen molar-refractivity contribution in [2.24, 2.45) is 26.1 Å². The molecule has 2 aliphatic heterocycles. The van der Waals surface area contributed by atoms with Crippen LogP contribution in [0.25, 0.3) is 0 Å². The van der Waals surface area contributed by atoms with Crippen LogP contribution in [0.3, 0.4) is 0 Å². The van der Waals surface area contributed by atoms with Crippen molar-refractivity contribution in [3.8, 4) is 0 Å². The zero-order chi connectivity index (χ0) is 9.42. The van der Waals surface area contributed by atoms with Crippen LogP contribution in [-0.2, 0) is 4.79 Å². The van der Waals surface area contributed by atoms with Gasteiger partial charge in [-0.15, -0.1) is 5.10 Å². The van der Waals surface area contributed by atoms with Gasteiger partial charge in [-0.3, -0.25) is 4.79 Å². The minimum Gasteiger partial charge on any atom is -0.265 e.